The molecule has 0 aliphatic heterocycles. The van der Waals surface area contributed by atoms with E-state index in [1.165, 1.54) is 0 Å². The van der Waals surface area contributed by atoms with Crippen molar-refractivity contribution >= 4 is 5.78 Å². The van der Waals surface area contributed by atoms with Crippen LogP contribution in [-0.4, -0.2) is 10.9 Å². The van der Waals surface area contributed by atoms with E-state index in [1.54, 1.807) is 12.1 Å². The summed E-state index contributed by atoms with van der Waals surface area (Å²) in [5, 5.41) is 9.77. The first-order valence-electron chi connectivity index (χ1n) is 4.97. The van der Waals surface area contributed by atoms with Gasteiger partial charge < -0.3 is 5.11 Å². The molecule has 0 amide bonds. The standard InChI is InChI=1S/C12H14O2/c1-8-7-10(8)12(14)11(13)9-5-3-2-4-6-9/h2-6,8,10-11,13H,7H2,1H3/t8?,10?,11-/m0/s1. The van der Waals surface area contributed by atoms with E-state index < -0.39 is 6.10 Å². The SMILES string of the molecule is CC1CC1C(=O)[C@@H](O)c1ccccc1. The van der Waals surface area contributed by atoms with E-state index in [4.69, 9.17) is 0 Å². The molecule has 0 spiro atoms. The maximum atomic E-state index is 11.7. The summed E-state index contributed by atoms with van der Waals surface area (Å²) in [6, 6.07) is 9.12. The van der Waals surface area contributed by atoms with Crippen LogP contribution in [-0.2, 0) is 4.79 Å². The predicted molar refractivity (Wildman–Crippen MR) is 53.7 cm³/mol. The average molecular weight is 190 g/mol. The smallest absolute Gasteiger partial charge is 0.169 e. The normalized spacial score (nSPS) is 27.0. The summed E-state index contributed by atoms with van der Waals surface area (Å²) >= 11 is 0. The molecule has 2 rings (SSSR count). The van der Waals surface area contributed by atoms with Gasteiger partial charge in [-0.15, -0.1) is 0 Å². The fourth-order valence-electron chi connectivity index (χ4n) is 1.72. The van der Waals surface area contributed by atoms with Crippen LogP contribution in [0.5, 0.6) is 0 Å². The number of hydrogen-bond donors (Lipinski definition) is 1. The fourth-order valence-corrected chi connectivity index (χ4v) is 1.72. The van der Waals surface area contributed by atoms with Crippen LogP contribution in [0, 0.1) is 11.8 Å². The van der Waals surface area contributed by atoms with Crippen molar-refractivity contribution in [1.82, 2.24) is 0 Å². The molecule has 1 aliphatic carbocycles. The van der Waals surface area contributed by atoms with Crippen molar-refractivity contribution in [1.29, 1.82) is 0 Å². The van der Waals surface area contributed by atoms with Gasteiger partial charge in [-0.05, 0) is 17.9 Å². The van der Waals surface area contributed by atoms with Crippen LogP contribution in [0.25, 0.3) is 0 Å². The zero-order valence-electron chi connectivity index (χ0n) is 8.18. The lowest BCUT2D eigenvalue weighted by Gasteiger charge is -2.08. The second kappa shape index (κ2) is 3.54. The minimum atomic E-state index is -0.925. The van der Waals surface area contributed by atoms with Crippen LogP contribution in [0.2, 0.25) is 0 Å². The van der Waals surface area contributed by atoms with Gasteiger partial charge in [-0.2, -0.15) is 0 Å². The Bertz CT molecular complexity index is 331. The lowest BCUT2D eigenvalue weighted by Crippen LogP contribution is -2.14. The first kappa shape index (κ1) is 9.41. The summed E-state index contributed by atoms with van der Waals surface area (Å²) in [5.41, 5.74) is 0.705. The van der Waals surface area contributed by atoms with Gasteiger partial charge in [-0.1, -0.05) is 37.3 Å². The van der Waals surface area contributed by atoms with Crippen LogP contribution in [0.1, 0.15) is 25.0 Å². The molecule has 2 heteroatoms. The Balaban J connectivity index is 2.09. The Labute approximate surface area is 83.6 Å². The first-order chi connectivity index (χ1) is 6.70. The monoisotopic (exact) mass is 190 g/mol. The zero-order valence-corrected chi connectivity index (χ0v) is 8.18. The number of aliphatic hydroxyl groups excluding tert-OH is 1. The highest BCUT2D eigenvalue weighted by molar-refractivity contribution is 5.88. The van der Waals surface area contributed by atoms with Gasteiger partial charge in [0.2, 0.25) is 0 Å². The molecule has 1 N–H and O–H groups in total. The molecule has 1 aromatic carbocycles. The highest BCUT2D eigenvalue weighted by atomic mass is 16.3. The van der Waals surface area contributed by atoms with Gasteiger partial charge in [0.25, 0.3) is 0 Å². The van der Waals surface area contributed by atoms with E-state index >= 15 is 0 Å². The van der Waals surface area contributed by atoms with Gasteiger partial charge in [-0.3, -0.25) is 4.79 Å². The molecule has 74 valence electrons. The van der Waals surface area contributed by atoms with Gasteiger partial charge in [-0.25, -0.2) is 0 Å². The Morgan fingerprint density at radius 1 is 1.43 bits per heavy atom. The predicted octanol–water partition coefficient (Wildman–Crippen LogP) is 1.95. The van der Waals surface area contributed by atoms with Crippen LogP contribution in [0.15, 0.2) is 30.3 Å². The fraction of sp³-hybridized carbons (Fsp3) is 0.417. The van der Waals surface area contributed by atoms with Crippen molar-refractivity contribution in [2.75, 3.05) is 0 Å². The molecule has 0 saturated heterocycles. The molecule has 0 heterocycles. The molecule has 0 aromatic heterocycles. The van der Waals surface area contributed by atoms with Crippen molar-refractivity contribution in [3.63, 3.8) is 0 Å². The second-order valence-corrected chi connectivity index (χ2v) is 4.04. The quantitative estimate of drug-likeness (QED) is 0.791. The van der Waals surface area contributed by atoms with Crippen molar-refractivity contribution in [2.45, 2.75) is 19.4 Å². The third-order valence-corrected chi connectivity index (χ3v) is 2.86. The Kier molecular flexibility index (Phi) is 2.38. The number of ketones is 1. The maximum absolute atomic E-state index is 11.7. The topological polar surface area (TPSA) is 37.3 Å². The number of Topliss-reactive ketones (excluding diaryl/α,β-unsaturated/α-hetero) is 1. The molecule has 1 aromatic rings. The third kappa shape index (κ3) is 1.70. The van der Waals surface area contributed by atoms with E-state index in [9.17, 15) is 9.90 Å². The number of hydrogen-bond acceptors (Lipinski definition) is 2. The molecule has 14 heavy (non-hydrogen) atoms. The highest BCUT2D eigenvalue weighted by Gasteiger charge is 2.41. The van der Waals surface area contributed by atoms with E-state index in [-0.39, 0.29) is 11.7 Å². The molecule has 0 bridgehead atoms. The van der Waals surface area contributed by atoms with Gasteiger partial charge >= 0.3 is 0 Å². The summed E-state index contributed by atoms with van der Waals surface area (Å²) in [6.07, 6.45) is 0.00840. The highest BCUT2D eigenvalue weighted by Crippen LogP contribution is 2.41. The summed E-state index contributed by atoms with van der Waals surface area (Å²) in [6.45, 7) is 2.04. The molecular weight excluding hydrogens is 176 g/mol. The van der Waals surface area contributed by atoms with Gasteiger partial charge in [0.1, 0.15) is 6.10 Å². The maximum Gasteiger partial charge on any atom is 0.169 e. The second-order valence-electron chi connectivity index (χ2n) is 4.04. The summed E-state index contributed by atoms with van der Waals surface area (Å²) in [7, 11) is 0. The molecule has 1 saturated carbocycles. The molecule has 3 atom stereocenters. The lowest BCUT2D eigenvalue weighted by atomic mass is 10.0. The molecular formula is C12H14O2. The number of carbonyl (C=O) groups is 1. The van der Waals surface area contributed by atoms with E-state index in [2.05, 4.69) is 0 Å². The number of rotatable bonds is 3. The van der Waals surface area contributed by atoms with Crippen LogP contribution >= 0.6 is 0 Å². The summed E-state index contributed by atoms with van der Waals surface area (Å²) in [5.74, 6) is 0.523. The van der Waals surface area contributed by atoms with Crippen molar-refractivity contribution < 1.29 is 9.90 Å². The summed E-state index contributed by atoms with van der Waals surface area (Å²) in [4.78, 5) is 11.7. The Hall–Kier alpha value is -1.15. The molecule has 1 aliphatic rings. The van der Waals surface area contributed by atoms with Gasteiger partial charge in [0.05, 0.1) is 0 Å². The minimum Gasteiger partial charge on any atom is -0.381 e. The molecule has 1 fully saturated rings. The molecule has 2 unspecified atom stereocenters. The largest absolute Gasteiger partial charge is 0.381 e. The molecule has 2 nitrogen and oxygen atoms in total. The minimum absolute atomic E-state index is 0.0244. The van der Waals surface area contributed by atoms with Crippen molar-refractivity contribution in [3.8, 4) is 0 Å². The van der Waals surface area contributed by atoms with Gasteiger partial charge in [0.15, 0.2) is 5.78 Å². The average Bonchev–Trinajstić information content (AvgIpc) is 2.95. The van der Waals surface area contributed by atoms with Crippen molar-refractivity contribution in [2.24, 2.45) is 11.8 Å². The van der Waals surface area contributed by atoms with Crippen LogP contribution < -0.4 is 0 Å². The lowest BCUT2D eigenvalue weighted by molar-refractivity contribution is -0.129. The Morgan fingerprint density at radius 2 is 2.00 bits per heavy atom. The van der Waals surface area contributed by atoms with Crippen molar-refractivity contribution in [3.05, 3.63) is 35.9 Å². The first-order valence-corrected chi connectivity index (χ1v) is 4.97. The Morgan fingerprint density at radius 3 is 2.50 bits per heavy atom. The van der Waals surface area contributed by atoms with Gasteiger partial charge in [0, 0.05) is 5.92 Å². The van der Waals surface area contributed by atoms with E-state index in [0.29, 0.717) is 11.5 Å². The molecule has 0 radical (unpaired) electrons. The summed E-state index contributed by atoms with van der Waals surface area (Å²) < 4.78 is 0. The van der Waals surface area contributed by atoms with Crippen LogP contribution in [0.4, 0.5) is 0 Å². The van der Waals surface area contributed by atoms with E-state index in [1.807, 2.05) is 25.1 Å². The number of carbonyl (C=O) groups excluding carboxylic acids is 1. The zero-order chi connectivity index (χ0) is 10.1. The number of benzene rings is 1. The van der Waals surface area contributed by atoms with E-state index in [0.717, 1.165) is 6.42 Å². The third-order valence-electron chi connectivity index (χ3n) is 2.86. The number of aliphatic hydroxyl groups is 1. The van der Waals surface area contributed by atoms with Crippen LogP contribution in [0.3, 0.4) is 0 Å².